The summed E-state index contributed by atoms with van der Waals surface area (Å²) in [6.07, 6.45) is 16.9. The molecule has 0 heterocycles. The molecule has 3 N–H and O–H groups in total. The Hall–Kier alpha value is -2.37. The minimum atomic E-state index is -1.11. The Kier molecular flexibility index (Phi) is 16.6. The molecule has 1 unspecified atom stereocenters. The number of unbranched alkanes of at least 4 members (excludes halogenated alkanes) is 12. The summed E-state index contributed by atoms with van der Waals surface area (Å²) in [5.41, 5.74) is 0.911. The third-order valence-electron chi connectivity index (χ3n) is 5.86. The fraction of sp³-hybridized carbons (Fsp3) is 0.667. The van der Waals surface area contributed by atoms with E-state index in [4.69, 9.17) is 5.11 Å². The van der Waals surface area contributed by atoms with Crippen LogP contribution in [0.15, 0.2) is 30.3 Å². The largest absolute Gasteiger partial charge is 0.480 e. The topological polar surface area (TPSA) is 95.5 Å². The summed E-state index contributed by atoms with van der Waals surface area (Å²) in [6.45, 7) is 1.79. The van der Waals surface area contributed by atoms with E-state index in [0.717, 1.165) is 24.8 Å². The Balaban J connectivity index is 2.19. The van der Waals surface area contributed by atoms with E-state index in [1.807, 2.05) is 30.3 Å². The van der Waals surface area contributed by atoms with E-state index < -0.39 is 24.5 Å². The van der Waals surface area contributed by atoms with E-state index in [0.29, 0.717) is 12.8 Å². The number of carbonyl (C=O) groups excluding carboxylic acids is 2. The minimum absolute atomic E-state index is 0.163. The summed E-state index contributed by atoms with van der Waals surface area (Å²) < 4.78 is 0. The fourth-order valence-electron chi connectivity index (χ4n) is 3.91. The van der Waals surface area contributed by atoms with Crippen LogP contribution in [0.2, 0.25) is 0 Å². The molecule has 0 aliphatic heterocycles. The number of carbonyl (C=O) groups is 3. The lowest BCUT2D eigenvalue weighted by Crippen LogP contribution is -2.49. The molecule has 0 aliphatic carbocycles. The van der Waals surface area contributed by atoms with E-state index >= 15 is 0 Å². The summed E-state index contributed by atoms with van der Waals surface area (Å²) in [4.78, 5) is 35.5. The van der Waals surface area contributed by atoms with Crippen molar-refractivity contribution in [2.45, 2.75) is 109 Å². The van der Waals surface area contributed by atoms with E-state index in [1.165, 1.54) is 64.2 Å². The molecule has 0 saturated heterocycles. The molecule has 186 valence electrons. The number of hydrogen-bond acceptors (Lipinski definition) is 3. The van der Waals surface area contributed by atoms with Crippen molar-refractivity contribution in [3.8, 4) is 0 Å². The number of nitrogens with one attached hydrogen (secondary N) is 2. The van der Waals surface area contributed by atoms with Gasteiger partial charge in [-0.3, -0.25) is 14.4 Å². The second kappa shape index (κ2) is 19.1. The molecule has 33 heavy (non-hydrogen) atoms. The lowest BCUT2D eigenvalue weighted by Gasteiger charge is -2.18. The zero-order valence-corrected chi connectivity index (χ0v) is 20.4. The predicted octanol–water partition coefficient (Wildman–Crippen LogP) is 5.40. The van der Waals surface area contributed by atoms with E-state index in [9.17, 15) is 14.4 Å². The van der Waals surface area contributed by atoms with Gasteiger partial charge in [-0.2, -0.15) is 0 Å². The molecule has 1 rings (SSSR count). The molecular formula is C27H44N2O4. The molecule has 1 aromatic rings. The molecule has 0 saturated carbocycles. The van der Waals surface area contributed by atoms with E-state index in [2.05, 4.69) is 17.6 Å². The highest BCUT2D eigenvalue weighted by Gasteiger charge is 2.21. The van der Waals surface area contributed by atoms with Crippen molar-refractivity contribution in [2.75, 3.05) is 6.54 Å². The average molecular weight is 461 g/mol. The number of carboxylic acids is 1. The number of carboxylic acid groups (broad SMARTS) is 1. The van der Waals surface area contributed by atoms with Gasteiger partial charge >= 0.3 is 5.97 Å². The molecule has 0 radical (unpaired) electrons. The fourth-order valence-corrected chi connectivity index (χ4v) is 3.91. The van der Waals surface area contributed by atoms with Gasteiger partial charge in [-0.05, 0) is 12.0 Å². The van der Waals surface area contributed by atoms with Gasteiger partial charge in [0.15, 0.2) is 0 Å². The highest BCUT2D eigenvalue weighted by molar-refractivity contribution is 5.89. The van der Waals surface area contributed by atoms with Gasteiger partial charge in [0.05, 0.1) is 0 Å². The van der Waals surface area contributed by atoms with Crippen LogP contribution < -0.4 is 10.6 Å². The van der Waals surface area contributed by atoms with Crippen molar-refractivity contribution in [3.05, 3.63) is 35.9 Å². The van der Waals surface area contributed by atoms with Crippen LogP contribution in [0, 0.1) is 0 Å². The summed E-state index contributed by atoms with van der Waals surface area (Å²) in [7, 11) is 0. The quantitative estimate of drug-likeness (QED) is 0.227. The molecule has 2 amide bonds. The number of rotatable bonds is 20. The number of benzene rings is 1. The Labute approximate surface area is 199 Å². The Morgan fingerprint density at radius 3 is 1.82 bits per heavy atom. The van der Waals surface area contributed by atoms with Gasteiger partial charge in [0, 0.05) is 12.8 Å². The summed E-state index contributed by atoms with van der Waals surface area (Å²) >= 11 is 0. The summed E-state index contributed by atoms with van der Waals surface area (Å²) in [5, 5.41) is 14.0. The lowest BCUT2D eigenvalue weighted by molar-refractivity contribution is -0.138. The Bertz CT molecular complexity index is 663. The zero-order chi connectivity index (χ0) is 24.2. The van der Waals surface area contributed by atoms with Crippen LogP contribution in [0.1, 0.15) is 102 Å². The molecule has 1 aromatic carbocycles. The normalized spacial score (nSPS) is 11.7. The van der Waals surface area contributed by atoms with Crippen LogP contribution in [0.5, 0.6) is 0 Å². The maximum Gasteiger partial charge on any atom is 0.322 e. The first-order valence-corrected chi connectivity index (χ1v) is 12.9. The highest BCUT2D eigenvalue weighted by atomic mass is 16.4. The molecule has 0 aromatic heterocycles. The second-order valence-electron chi connectivity index (χ2n) is 8.91. The SMILES string of the molecule is CCCCCCCCCCCCCCCC(=O)NC(Cc1ccccc1)C(=O)NCC(=O)O. The van der Waals surface area contributed by atoms with Crippen LogP contribution >= 0.6 is 0 Å². The zero-order valence-electron chi connectivity index (χ0n) is 20.4. The number of hydrogen-bond donors (Lipinski definition) is 3. The number of amides is 2. The third-order valence-corrected chi connectivity index (χ3v) is 5.86. The first kappa shape index (κ1) is 28.7. The van der Waals surface area contributed by atoms with Gasteiger partial charge < -0.3 is 15.7 Å². The van der Waals surface area contributed by atoms with Crippen LogP contribution in [-0.4, -0.2) is 35.5 Å². The maximum absolute atomic E-state index is 12.4. The average Bonchev–Trinajstić information content (AvgIpc) is 2.80. The van der Waals surface area contributed by atoms with Crippen LogP contribution in [0.4, 0.5) is 0 Å². The molecule has 0 aliphatic rings. The molecule has 0 bridgehead atoms. The van der Waals surface area contributed by atoms with Gasteiger partial charge in [-0.25, -0.2) is 0 Å². The molecular weight excluding hydrogens is 416 g/mol. The molecule has 6 heteroatoms. The van der Waals surface area contributed by atoms with Crippen molar-refractivity contribution in [2.24, 2.45) is 0 Å². The first-order valence-electron chi connectivity index (χ1n) is 12.9. The third kappa shape index (κ3) is 16.0. The standard InChI is InChI=1S/C27H44N2O4/c1-2-3-4-5-6-7-8-9-10-11-12-13-17-20-25(30)29-24(27(33)28-22-26(31)32)21-23-18-15-14-16-19-23/h14-16,18-19,24H,2-13,17,20-22H2,1H3,(H,28,33)(H,29,30)(H,31,32). The Morgan fingerprint density at radius 2 is 1.30 bits per heavy atom. The van der Waals surface area contributed by atoms with Crippen molar-refractivity contribution in [3.63, 3.8) is 0 Å². The van der Waals surface area contributed by atoms with Crippen LogP contribution in [0.3, 0.4) is 0 Å². The van der Waals surface area contributed by atoms with Gasteiger partial charge in [0.25, 0.3) is 0 Å². The van der Waals surface area contributed by atoms with E-state index in [1.54, 1.807) is 0 Å². The molecule has 0 spiro atoms. The predicted molar refractivity (Wildman–Crippen MR) is 133 cm³/mol. The monoisotopic (exact) mass is 460 g/mol. The van der Waals surface area contributed by atoms with Crippen LogP contribution in [-0.2, 0) is 20.8 Å². The van der Waals surface area contributed by atoms with Crippen molar-refractivity contribution in [1.29, 1.82) is 0 Å². The van der Waals surface area contributed by atoms with Crippen molar-refractivity contribution in [1.82, 2.24) is 10.6 Å². The number of aliphatic carboxylic acids is 1. The van der Waals surface area contributed by atoms with Gasteiger partial charge in [0.2, 0.25) is 11.8 Å². The summed E-state index contributed by atoms with van der Waals surface area (Å²) in [6, 6.07) is 8.62. The molecule has 1 atom stereocenters. The highest BCUT2D eigenvalue weighted by Crippen LogP contribution is 2.13. The van der Waals surface area contributed by atoms with Crippen molar-refractivity contribution >= 4 is 17.8 Å². The Morgan fingerprint density at radius 1 is 0.788 bits per heavy atom. The second-order valence-corrected chi connectivity index (χ2v) is 8.91. The lowest BCUT2D eigenvalue weighted by atomic mass is 10.0. The van der Waals surface area contributed by atoms with Crippen LogP contribution in [0.25, 0.3) is 0 Å². The van der Waals surface area contributed by atoms with Gasteiger partial charge in [-0.1, -0.05) is 114 Å². The van der Waals surface area contributed by atoms with Gasteiger partial charge in [-0.15, -0.1) is 0 Å². The maximum atomic E-state index is 12.4. The minimum Gasteiger partial charge on any atom is -0.480 e. The first-order chi connectivity index (χ1) is 16.0. The molecule has 0 fully saturated rings. The van der Waals surface area contributed by atoms with Gasteiger partial charge in [0.1, 0.15) is 12.6 Å². The van der Waals surface area contributed by atoms with Crippen molar-refractivity contribution < 1.29 is 19.5 Å². The smallest absolute Gasteiger partial charge is 0.322 e. The molecule has 6 nitrogen and oxygen atoms in total. The van der Waals surface area contributed by atoms with E-state index in [-0.39, 0.29) is 5.91 Å². The summed E-state index contributed by atoms with van der Waals surface area (Å²) in [5.74, 6) is -1.75.